The Balaban J connectivity index is 2.81. The maximum absolute atomic E-state index is 10.0. The van der Waals surface area contributed by atoms with E-state index in [9.17, 15) is 5.11 Å². The normalized spacial score (nSPS) is 12.3. The zero-order valence-corrected chi connectivity index (χ0v) is 9.70. The Morgan fingerprint density at radius 1 is 1.27 bits per heavy atom. The molecule has 0 saturated carbocycles. The smallest absolute Gasteiger partial charge is 0.0989 e. The Morgan fingerprint density at radius 3 is 2.47 bits per heavy atom. The second kappa shape index (κ2) is 3.11. The molecule has 1 aromatic carbocycles. The van der Waals surface area contributed by atoms with E-state index in [0.29, 0.717) is 0 Å². The van der Waals surface area contributed by atoms with Gasteiger partial charge in [-0.15, -0.1) is 0 Å². The van der Waals surface area contributed by atoms with E-state index in [1.807, 2.05) is 27.0 Å². The van der Waals surface area contributed by atoms with Gasteiger partial charge in [0, 0.05) is 23.6 Å². The molecule has 1 heterocycles. The number of aromatic nitrogens is 1. The standard InChI is InChI=1S/C13H17NO/c1-9-6-5-7-11-10(9)8-12(14(11)4)13(2,3)15/h5-8,15H,1-4H3. The Bertz CT molecular complexity index is 503. The quantitative estimate of drug-likeness (QED) is 0.757. The summed E-state index contributed by atoms with van der Waals surface area (Å²) in [5.74, 6) is 0. The number of aliphatic hydroxyl groups is 1. The molecule has 0 amide bonds. The first-order valence-corrected chi connectivity index (χ1v) is 5.19. The molecule has 0 radical (unpaired) electrons. The lowest BCUT2D eigenvalue weighted by Crippen LogP contribution is -2.19. The fourth-order valence-corrected chi connectivity index (χ4v) is 2.10. The molecule has 0 unspecified atom stereocenters. The molecule has 15 heavy (non-hydrogen) atoms. The van der Waals surface area contributed by atoms with Gasteiger partial charge in [0.25, 0.3) is 0 Å². The van der Waals surface area contributed by atoms with Crippen molar-refractivity contribution < 1.29 is 5.11 Å². The van der Waals surface area contributed by atoms with E-state index in [-0.39, 0.29) is 0 Å². The van der Waals surface area contributed by atoms with Crippen molar-refractivity contribution in [2.75, 3.05) is 0 Å². The van der Waals surface area contributed by atoms with E-state index in [2.05, 4.69) is 29.7 Å². The average Bonchev–Trinajstić information content (AvgIpc) is 2.45. The molecule has 0 saturated heterocycles. The molecule has 2 aromatic rings. The van der Waals surface area contributed by atoms with Crippen molar-refractivity contribution in [1.29, 1.82) is 0 Å². The van der Waals surface area contributed by atoms with Crippen molar-refractivity contribution in [3.63, 3.8) is 0 Å². The minimum absolute atomic E-state index is 0.791. The lowest BCUT2D eigenvalue weighted by atomic mass is 10.0. The van der Waals surface area contributed by atoms with Crippen LogP contribution < -0.4 is 0 Å². The summed E-state index contributed by atoms with van der Waals surface area (Å²) in [6.07, 6.45) is 0. The van der Waals surface area contributed by atoms with Crippen LogP contribution in [0, 0.1) is 6.92 Å². The highest BCUT2D eigenvalue weighted by atomic mass is 16.3. The highest BCUT2D eigenvalue weighted by molar-refractivity contribution is 5.84. The van der Waals surface area contributed by atoms with Crippen LogP contribution in [0.15, 0.2) is 24.3 Å². The zero-order chi connectivity index (χ0) is 11.2. The summed E-state index contributed by atoms with van der Waals surface area (Å²) in [7, 11) is 2.00. The van der Waals surface area contributed by atoms with Crippen molar-refractivity contribution >= 4 is 10.9 Å². The number of rotatable bonds is 1. The molecular formula is C13H17NO. The molecule has 2 heteroatoms. The minimum atomic E-state index is -0.791. The molecular weight excluding hydrogens is 186 g/mol. The molecule has 0 bridgehead atoms. The van der Waals surface area contributed by atoms with Crippen molar-refractivity contribution in [2.45, 2.75) is 26.4 Å². The van der Waals surface area contributed by atoms with E-state index < -0.39 is 5.60 Å². The van der Waals surface area contributed by atoms with Gasteiger partial charge in [-0.2, -0.15) is 0 Å². The molecule has 2 rings (SSSR count). The van der Waals surface area contributed by atoms with E-state index in [1.54, 1.807) is 0 Å². The van der Waals surface area contributed by atoms with Crippen LogP contribution in [0.25, 0.3) is 10.9 Å². The molecule has 0 aliphatic carbocycles. The van der Waals surface area contributed by atoms with Crippen LogP contribution in [0.5, 0.6) is 0 Å². The van der Waals surface area contributed by atoms with Gasteiger partial charge in [0.05, 0.1) is 5.60 Å². The number of nitrogens with zero attached hydrogens (tertiary/aromatic N) is 1. The third kappa shape index (κ3) is 1.55. The van der Waals surface area contributed by atoms with E-state index in [0.717, 1.165) is 5.69 Å². The number of benzene rings is 1. The van der Waals surface area contributed by atoms with Gasteiger partial charge in [-0.3, -0.25) is 0 Å². The monoisotopic (exact) mass is 203 g/mol. The van der Waals surface area contributed by atoms with Crippen molar-refractivity contribution in [1.82, 2.24) is 4.57 Å². The van der Waals surface area contributed by atoms with Crippen LogP contribution >= 0.6 is 0 Å². The highest BCUT2D eigenvalue weighted by Crippen LogP contribution is 2.28. The lowest BCUT2D eigenvalue weighted by Gasteiger charge is -2.18. The van der Waals surface area contributed by atoms with Crippen LogP contribution in [0.2, 0.25) is 0 Å². The van der Waals surface area contributed by atoms with Gasteiger partial charge in [0.2, 0.25) is 0 Å². The Morgan fingerprint density at radius 2 is 1.93 bits per heavy atom. The van der Waals surface area contributed by atoms with Gasteiger partial charge in [-0.1, -0.05) is 12.1 Å². The number of hydrogen-bond donors (Lipinski definition) is 1. The number of aryl methyl sites for hydroxylation is 2. The fourth-order valence-electron chi connectivity index (χ4n) is 2.10. The molecule has 0 aliphatic rings. The lowest BCUT2D eigenvalue weighted by molar-refractivity contribution is 0.0712. The molecule has 0 fully saturated rings. The number of hydrogen-bond acceptors (Lipinski definition) is 1. The molecule has 0 atom stereocenters. The SMILES string of the molecule is Cc1cccc2c1cc(C(C)(C)O)n2C. The van der Waals surface area contributed by atoms with Crippen LogP contribution in [-0.4, -0.2) is 9.67 Å². The second-order valence-corrected chi connectivity index (χ2v) is 4.66. The first-order chi connectivity index (χ1) is 6.91. The first kappa shape index (κ1) is 10.2. The van der Waals surface area contributed by atoms with E-state index >= 15 is 0 Å². The Kier molecular flexibility index (Phi) is 2.12. The van der Waals surface area contributed by atoms with Gasteiger partial charge in [0.1, 0.15) is 0 Å². The summed E-state index contributed by atoms with van der Waals surface area (Å²) in [6, 6.07) is 8.30. The van der Waals surface area contributed by atoms with E-state index in [1.165, 1.54) is 16.5 Å². The summed E-state index contributed by atoms with van der Waals surface area (Å²) in [4.78, 5) is 0. The zero-order valence-electron chi connectivity index (χ0n) is 9.70. The van der Waals surface area contributed by atoms with Crippen molar-refractivity contribution in [3.8, 4) is 0 Å². The maximum atomic E-state index is 10.0. The fraction of sp³-hybridized carbons (Fsp3) is 0.385. The van der Waals surface area contributed by atoms with Crippen molar-refractivity contribution in [3.05, 3.63) is 35.5 Å². The molecule has 1 aromatic heterocycles. The summed E-state index contributed by atoms with van der Waals surface area (Å²) in [5, 5.41) is 11.3. The molecule has 2 nitrogen and oxygen atoms in total. The van der Waals surface area contributed by atoms with Gasteiger partial charge >= 0.3 is 0 Å². The Hall–Kier alpha value is -1.28. The second-order valence-electron chi connectivity index (χ2n) is 4.66. The molecule has 0 spiro atoms. The third-order valence-electron chi connectivity index (χ3n) is 2.93. The maximum Gasteiger partial charge on any atom is 0.0989 e. The van der Waals surface area contributed by atoms with E-state index in [4.69, 9.17) is 0 Å². The third-order valence-corrected chi connectivity index (χ3v) is 2.93. The molecule has 80 valence electrons. The summed E-state index contributed by atoms with van der Waals surface area (Å²) in [5.41, 5.74) is 2.58. The van der Waals surface area contributed by atoms with Crippen LogP contribution in [0.4, 0.5) is 0 Å². The van der Waals surface area contributed by atoms with Crippen LogP contribution in [-0.2, 0) is 12.6 Å². The van der Waals surface area contributed by atoms with Crippen LogP contribution in [0.1, 0.15) is 25.1 Å². The Labute approximate surface area is 90.2 Å². The predicted molar refractivity (Wildman–Crippen MR) is 62.9 cm³/mol. The summed E-state index contributed by atoms with van der Waals surface area (Å²) in [6.45, 7) is 5.73. The van der Waals surface area contributed by atoms with Gasteiger partial charge in [-0.05, 0) is 38.5 Å². The predicted octanol–water partition coefficient (Wildman–Crippen LogP) is 2.71. The minimum Gasteiger partial charge on any atom is -0.384 e. The van der Waals surface area contributed by atoms with Gasteiger partial charge in [0.15, 0.2) is 0 Å². The summed E-state index contributed by atoms with van der Waals surface area (Å²) < 4.78 is 2.06. The highest BCUT2D eigenvalue weighted by Gasteiger charge is 2.21. The first-order valence-electron chi connectivity index (χ1n) is 5.19. The largest absolute Gasteiger partial charge is 0.384 e. The van der Waals surface area contributed by atoms with Gasteiger partial charge < -0.3 is 9.67 Å². The topological polar surface area (TPSA) is 25.2 Å². The summed E-state index contributed by atoms with van der Waals surface area (Å²) >= 11 is 0. The van der Waals surface area contributed by atoms with Crippen LogP contribution in [0.3, 0.4) is 0 Å². The van der Waals surface area contributed by atoms with Gasteiger partial charge in [-0.25, -0.2) is 0 Å². The average molecular weight is 203 g/mol. The molecule has 0 aliphatic heterocycles. The molecule has 1 N–H and O–H groups in total. The van der Waals surface area contributed by atoms with Crippen molar-refractivity contribution in [2.24, 2.45) is 7.05 Å². The number of fused-ring (bicyclic) bond motifs is 1.